The molecule has 0 fully saturated rings. The van der Waals surface area contributed by atoms with Crippen molar-refractivity contribution in [3.63, 3.8) is 0 Å². The van der Waals surface area contributed by atoms with Gasteiger partial charge in [0.2, 0.25) is 0 Å². The zero-order chi connectivity index (χ0) is 24.7. The van der Waals surface area contributed by atoms with Gasteiger partial charge in [0.05, 0.1) is 36.5 Å². The Kier molecular flexibility index (Phi) is 7.45. The lowest BCUT2D eigenvalue weighted by Gasteiger charge is -2.13. The van der Waals surface area contributed by atoms with Crippen molar-refractivity contribution in [1.29, 1.82) is 0 Å². The van der Waals surface area contributed by atoms with Crippen LogP contribution in [0.5, 0.6) is 17.2 Å². The molecule has 0 radical (unpaired) electrons. The van der Waals surface area contributed by atoms with Crippen LogP contribution >= 0.6 is 0 Å². The number of nitro benzene ring substituents is 1. The normalized spacial score (nSPS) is 10.8. The van der Waals surface area contributed by atoms with Crippen molar-refractivity contribution in [3.05, 3.63) is 93.7 Å². The zero-order valence-electron chi connectivity index (χ0n) is 18.3. The molecular weight excluding hydrogens is 442 g/mol. The molecule has 0 heterocycles. The van der Waals surface area contributed by atoms with Crippen LogP contribution in [0, 0.1) is 10.1 Å². The van der Waals surface area contributed by atoms with Crippen LogP contribution in [0.25, 0.3) is 6.08 Å². The first-order chi connectivity index (χ1) is 16.3. The van der Waals surface area contributed by atoms with Crippen molar-refractivity contribution in [1.82, 2.24) is 5.32 Å². The second-order valence-corrected chi connectivity index (χ2v) is 6.87. The SMILES string of the molecule is COc1cc(/C=C(/NC(=O)c2ccccc2)C(=O)Nc2ccccc2O)c([N+](=O)[O-])cc1OC. The number of methoxy groups -OCH3 is 2. The van der Waals surface area contributed by atoms with Crippen molar-refractivity contribution < 1.29 is 29.1 Å². The lowest BCUT2D eigenvalue weighted by molar-refractivity contribution is -0.385. The summed E-state index contributed by atoms with van der Waals surface area (Å²) in [6.07, 6.45) is 1.15. The van der Waals surface area contributed by atoms with Gasteiger partial charge in [-0.1, -0.05) is 30.3 Å². The van der Waals surface area contributed by atoms with Gasteiger partial charge in [-0.05, 0) is 36.4 Å². The number of hydrogen-bond acceptors (Lipinski definition) is 7. The summed E-state index contributed by atoms with van der Waals surface area (Å²) in [4.78, 5) is 36.8. The van der Waals surface area contributed by atoms with E-state index in [1.807, 2.05) is 0 Å². The Morgan fingerprint density at radius 2 is 1.59 bits per heavy atom. The van der Waals surface area contributed by atoms with E-state index >= 15 is 0 Å². The van der Waals surface area contributed by atoms with E-state index in [4.69, 9.17) is 9.47 Å². The smallest absolute Gasteiger partial charge is 0.280 e. The van der Waals surface area contributed by atoms with Gasteiger partial charge in [-0.3, -0.25) is 19.7 Å². The number of para-hydroxylation sites is 2. The number of anilines is 1. The maximum absolute atomic E-state index is 13.1. The zero-order valence-corrected chi connectivity index (χ0v) is 18.3. The topological polar surface area (TPSA) is 140 Å². The number of rotatable bonds is 8. The van der Waals surface area contributed by atoms with Crippen molar-refractivity contribution in [3.8, 4) is 17.2 Å². The van der Waals surface area contributed by atoms with Gasteiger partial charge in [0.25, 0.3) is 17.5 Å². The summed E-state index contributed by atoms with van der Waals surface area (Å²) in [5.41, 5.74) is -0.329. The van der Waals surface area contributed by atoms with Gasteiger partial charge in [-0.2, -0.15) is 0 Å². The highest BCUT2D eigenvalue weighted by atomic mass is 16.6. The van der Waals surface area contributed by atoms with E-state index in [0.717, 1.165) is 12.1 Å². The van der Waals surface area contributed by atoms with Gasteiger partial charge in [-0.25, -0.2) is 0 Å². The number of carbonyl (C=O) groups excluding carboxylic acids is 2. The van der Waals surface area contributed by atoms with E-state index in [1.54, 1.807) is 42.5 Å². The highest BCUT2D eigenvalue weighted by molar-refractivity contribution is 6.11. The summed E-state index contributed by atoms with van der Waals surface area (Å²) in [6, 6.07) is 16.6. The van der Waals surface area contributed by atoms with Crippen molar-refractivity contribution in [2.24, 2.45) is 0 Å². The average Bonchev–Trinajstić information content (AvgIpc) is 2.84. The Balaban J connectivity index is 2.09. The van der Waals surface area contributed by atoms with Crippen molar-refractivity contribution >= 4 is 29.3 Å². The number of hydrogen-bond donors (Lipinski definition) is 3. The first-order valence-corrected chi connectivity index (χ1v) is 9.92. The van der Waals surface area contributed by atoms with Crippen LogP contribution in [0.3, 0.4) is 0 Å². The third-order valence-corrected chi connectivity index (χ3v) is 4.71. The number of aromatic hydroxyl groups is 1. The van der Waals surface area contributed by atoms with Gasteiger partial charge < -0.3 is 25.2 Å². The minimum absolute atomic E-state index is 0.0153. The van der Waals surface area contributed by atoms with Crippen LogP contribution in [0.4, 0.5) is 11.4 Å². The van der Waals surface area contributed by atoms with Gasteiger partial charge >= 0.3 is 0 Å². The van der Waals surface area contributed by atoms with Crippen LogP contribution in [0.1, 0.15) is 15.9 Å². The van der Waals surface area contributed by atoms with Crippen LogP contribution in [0.2, 0.25) is 0 Å². The summed E-state index contributed by atoms with van der Waals surface area (Å²) in [7, 11) is 2.70. The average molecular weight is 463 g/mol. The lowest BCUT2D eigenvalue weighted by Crippen LogP contribution is -2.30. The van der Waals surface area contributed by atoms with E-state index in [9.17, 15) is 24.8 Å². The highest BCUT2D eigenvalue weighted by Crippen LogP contribution is 2.35. The Bertz CT molecular complexity index is 1260. The second-order valence-electron chi connectivity index (χ2n) is 6.87. The van der Waals surface area contributed by atoms with Gasteiger partial charge in [0.1, 0.15) is 11.4 Å². The summed E-state index contributed by atoms with van der Waals surface area (Å²) >= 11 is 0. The number of phenolic OH excluding ortho intramolecular Hbond substituents is 1. The fraction of sp³-hybridized carbons (Fsp3) is 0.0833. The number of nitrogens with zero attached hydrogens (tertiary/aromatic N) is 1. The number of ether oxygens (including phenoxy) is 2. The summed E-state index contributed by atoms with van der Waals surface area (Å²) in [5, 5.41) is 26.6. The van der Waals surface area contributed by atoms with Gasteiger partial charge in [0.15, 0.2) is 11.5 Å². The van der Waals surface area contributed by atoms with Crippen LogP contribution in [0.15, 0.2) is 72.4 Å². The van der Waals surface area contributed by atoms with Crippen LogP contribution < -0.4 is 20.1 Å². The second kappa shape index (κ2) is 10.6. The third kappa shape index (κ3) is 5.49. The fourth-order valence-corrected chi connectivity index (χ4v) is 3.02. The highest BCUT2D eigenvalue weighted by Gasteiger charge is 2.22. The third-order valence-electron chi connectivity index (χ3n) is 4.71. The number of phenols is 1. The molecule has 2 amide bonds. The summed E-state index contributed by atoms with van der Waals surface area (Å²) < 4.78 is 10.3. The predicted molar refractivity (Wildman–Crippen MR) is 125 cm³/mol. The quantitative estimate of drug-likeness (QED) is 0.200. The molecule has 34 heavy (non-hydrogen) atoms. The molecule has 0 aromatic heterocycles. The predicted octanol–water partition coefficient (Wildman–Crippen LogP) is 3.73. The lowest BCUT2D eigenvalue weighted by atomic mass is 10.1. The van der Waals surface area contributed by atoms with Gasteiger partial charge in [0, 0.05) is 5.56 Å². The van der Waals surface area contributed by atoms with Crippen LogP contribution in [-0.4, -0.2) is 36.1 Å². The number of nitrogens with one attached hydrogen (secondary N) is 2. The van der Waals surface area contributed by atoms with Gasteiger partial charge in [-0.15, -0.1) is 0 Å². The van der Waals surface area contributed by atoms with E-state index in [2.05, 4.69) is 10.6 Å². The monoisotopic (exact) mass is 463 g/mol. The standard InChI is InChI=1S/C24H21N3O7/c1-33-21-13-16(19(27(31)32)14-22(21)34-2)12-18(26-23(29)15-8-4-3-5-9-15)24(30)25-17-10-6-7-11-20(17)28/h3-14,28H,1-2H3,(H,25,30)(H,26,29)/b18-12+. The maximum atomic E-state index is 13.1. The first-order valence-electron chi connectivity index (χ1n) is 9.92. The van der Waals surface area contributed by atoms with E-state index in [1.165, 1.54) is 32.4 Å². The van der Waals surface area contributed by atoms with E-state index in [-0.39, 0.29) is 45.4 Å². The Morgan fingerprint density at radius 1 is 0.971 bits per heavy atom. The number of carbonyl (C=O) groups is 2. The maximum Gasteiger partial charge on any atom is 0.280 e. The Labute approximate surface area is 194 Å². The summed E-state index contributed by atoms with van der Waals surface area (Å²) in [5.74, 6) is -1.30. The first kappa shape index (κ1) is 23.8. The molecule has 10 heteroatoms. The number of nitro groups is 1. The van der Waals surface area contributed by atoms with E-state index < -0.39 is 16.7 Å². The molecule has 10 nitrogen and oxygen atoms in total. The minimum Gasteiger partial charge on any atom is -0.506 e. The molecule has 0 aliphatic carbocycles. The molecule has 0 unspecified atom stereocenters. The number of amides is 2. The van der Waals surface area contributed by atoms with Crippen molar-refractivity contribution in [2.75, 3.05) is 19.5 Å². The molecule has 3 aromatic carbocycles. The molecule has 0 aliphatic heterocycles. The molecule has 3 rings (SSSR count). The largest absolute Gasteiger partial charge is 0.506 e. The molecule has 0 saturated heterocycles. The molecule has 0 aliphatic rings. The van der Waals surface area contributed by atoms with Crippen molar-refractivity contribution in [2.45, 2.75) is 0 Å². The van der Waals surface area contributed by atoms with Crippen LogP contribution in [-0.2, 0) is 4.79 Å². The Morgan fingerprint density at radius 3 is 2.21 bits per heavy atom. The molecule has 0 saturated carbocycles. The molecular formula is C24H21N3O7. The molecule has 0 bridgehead atoms. The summed E-state index contributed by atoms with van der Waals surface area (Å²) in [6.45, 7) is 0. The number of benzene rings is 3. The molecule has 174 valence electrons. The molecule has 0 atom stereocenters. The molecule has 3 N–H and O–H groups in total. The molecule has 3 aromatic rings. The Hall–Kier alpha value is -4.86. The molecule has 0 spiro atoms. The minimum atomic E-state index is -0.810. The fourth-order valence-electron chi connectivity index (χ4n) is 3.02. The van der Waals surface area contributed by atoms with E-state index in [0.29, 0.717) is 0 Å².